The fourth-order valence-electron chi connectivity index (χ4n) is 2.77. The predicted molar refractivity (Wildman–Crippen MR) is 65.2 cm³/mol. The molecular formula is C13H27N. The van der Waals surface area contributed by atoms with E-state index >= 15 is 0 Å². The summed E-state index contributed by atoms with van der Waals surface area (Å²) >= 11 is 0. The minimum absolute atomic E-state index is 0.246. The van der Waals surface area contributed by atoms with Crippen LogP contribution in [-0.2, 0) is 0 Å². The quantitative estimate of drug-likeness (QED) is 0.682. The molecule has 1 heteroatoms. The van der Waals surface area contributed by atoms with Gasteiger partial charge in [-0.1, -0.05) is 41.2 Å². The predicted octanol–water partition coefficient (Wildman–Crippen LogP) is 3.82. The van der Waals surface area contributed by atoms with Gasteiger partial charge in [0, 0.05) is 17.7 Å². The maximum atomic E-state index is 4.22. The molecule has 0 aromatic carbocycles. The summed E-state index contributed by atoms with van der Waals surface area (Å²) in [6.07, 6.45) is 1.16. The van der Waals surface area contributed by atoms with E-state index in [9.17, 15) is 0 Å². The lowest BCUT2D eigenvalue weighted by molar-refractivity contribution is 0.145. The van der Waals surface area contributed by atoms with Crippen LogP contribution in [0.3, 0.4) is 0 Å². The summed E-state index contributed by atoms with van der Waals surface area (Å²) in [6, 6.07) is 0. The molecule has 0 aromatic heterocycles. The lowest BCUT2D eigenvalue weighted by Crippen LogP contribution is -2.39. The van der Waals surface area contributed by atoms with Crippen molar-refractivity contribution in [2.24, 2.45) is 17.3 Å². The summed E-state index contributed by atoms with van der Waals surface area (Å²) in [5.41, 5.74) is 1.46. The molecule has 0 aliphatic rings. The minimum atomic E-state index is 0.246. The van der Waals surface area contributed by atoms with Crippen LogP contribution in [-0.4, -0.2) is 6.54 Å². The maximum Gasteiger partial charge on any atom is 0.0138 e. The zero-order valence-electron chi connectivity index (χ0n) is 10.8. The largest absolute Gasteiger partial charge is 0.389 e. The Morgan fingerprint density at radius 2 is 1.57 bits per heavy atom. The molecule has 0 spiro atoms. The van der Waals surface area contributed by atoms with E-state index in [1.165, 1.54) is 5.70 Å². The molecule has 0 aromatic rings. The summed E-state index contributed by atoms with van der Waals surface area (Å²) in [6.45, 7) is 18.8. The van der Waals surface area contributed by atoms with Crippen molar-refractivity contribution >= 4 is 0 Å². The van der Waals surface area contributed by atoms with Gasteiger partial charge >= 0.3 is 0 Å². The Morgan fingerprint density at radius 1 is 1.14 bits per heavy atom. The van der Waals surface area contributed by atoms with E-state index in [2.05, 4.69) is 53.4 Å². The van der Waals surface area contributed by atoms with Gasteiger partial charge < -0.3 is 5.32 Å². The second-order valence-corrected chi connectivity index (χ2v) is 4.71. The molecule has 0 amide bonds. The Kier molecular flexibility index (Phi) is 5.25. The van der Waals surface area contributed by atoms with E-state index in [0.717, 1.165) is 13.0 Å². The third-order valence-corrected chi connectivity index (χ3v) is 3.60. The van der Waals surface area contributed by atoms with Gasteiger partial charge in [0.25, 0.3) is 0 Å². The number of hydrogen-bond donors (Lipinski definition) is 1. The molecule has 84 valence electrons. The molecule has 1 nitrogen and oxygen atoms in total. The second-order valence-electron chi connectivity index (χ2n) is 4.71. The van der Waals surface area contributed by atoms with Crippen LogP contribution in [0.4, 0.5) is 0 Å². The first-order chi connectivity index (χ1) is 6.43. The topological polar surface area (TPSA) is 12.0 Å². The number of allylic oxidation sites excluding steroid dienone is 1. The van der Waals surface area contributed by atoms with Gasteiger partial charge in [-0.25, -0.2) is 0 Å². The first kappa shape index (κ1) is 13.5. The molecule has 0 bridgehead atoms. The Bertz CT molecular complexity index is 172. The molecule has 0 aliphatic heterocycles. The smallest absolute Gasteiger partial charge is 0.0138 e. The maximum absolute atomic E-state index is 4.22. The Balaban J connectivity index is 4.93. The van der Waals surface area contributed by atoms with Gasteiger partial charge in [0.05, 0.1) is 0 Å². The average Bonchev–Trinajstić information content (AvgIpc) is 2.05. The average molecular weight is 197 g/mol. The first-order valence-electron chi connectivity index (χ1n) is 5.86. The second kappa shape index (κ2) is 5.43. The third kappa shape index (κ3) is 2.31. The standard InChI is InChI=1S/C13H27N/c1-8-13(10(3)4,11(5)6)12(7)14-9-2/h10-11,14H,7-9H2,1-6H3. The SMILES string of the molecule is C=C(NCC)C(CC)(C(C)C)C(C)C. The third-order valence-electron chi connectivity index (χ3n) is 3.60. The van der Waals surface area contributed by atoms with Crippen molar-refractivity contribution in [1.82, 2.24) is 5.32 Å². The van der Waals surface area contributed by atoms with Gasteiger partial charge in [-0.15, -0.1) is 0 Å². The van der Waals surface area contributed by atoms with Crippen molar-refractivity contribution in [3.63, 3.8) is 0 Å². The molecule has 0 fully saturated rings. The zero-order valence-corrected chi connectivity index (χ0v) is 10.8. The lowest BCUT2D eigenvalue weighted by atomic mass is 9.65. The van der Waals surface area contributed by atoms with Crippen LogP contribution in [0, 0.1) is 17.3 Å². The molecule has 0 radical (unpaired) electrons. The van der Waals surface area contributed by atoms with E-state index in [0.29, 0.717) is 11.8 Å². The van der Waals surface area contributed by atoms with Crippen LogP contribution in [0.25, 0.3) is 0 Å². The first-order valence-corrected chi connectivity index (χ1v) is 5.86. The van der Waals surface area contributed by atoms with Crippen LogP contribution in [0.15, 0.2) is 12.3 Å². The molecule has 14 heavy (non-hydrogen) atoms. The van der Waals surface area contributed by atoms with Crippen molar-refractivity contribution in [2.75, 3.05) is 6.54 Å². The molecular weight excluding hydrogens is 170 g/mol. The van der Waals surface area contributed by atoms with Crippen LogP contribution >= 0.6 is 0 Å². The highest BCUT2D eigenvalue weighted by Gasteiger charge is 2.37. The molecule has 0 rings (SSSR count). The summed E-state index contributed by atoms with van der Waals surface area (Å²) in [7, 11) is 0. The molecule has 0 atom stereocenters. The molecule has 0 aliphatic carbocycles. The van der Waals surface area contributed by atoms with Crippen molar-refractivity contribution in [2.45, 2.75) is 48.0 Å². The van der Waals surface area contributed by atoms with Crippen LogP contribution in [0.5, 0.6) is 0 Å². The van der Waals surface area contributed by atoms with E-state index < -0.39 is 0 Å². The molecule has 0 heterocycles. The Hall–Kier alpha value is -0.460. The van der Waals surface area contributed by atoms with Crippen molar-refractivity contribution in [3.05, 3.63) is 12.3 Å². The lowest BCUT2D eigenvalue weighted by Gasteiger charge is -2.42. The van der Waals surface area contributed by atoms with Crippen molar-refractivity contribution < 1.29 is 0 Å². The highest BCUT2D eigenvalue weighted by Crippen LogP contribution is 2.43. The fourth-order valence-corrected chi connectivity index (χ4v) is 2.77. The Morgan fingerprint density at radius 3 is 1.79 bits per heavy atom. The molecule has 0 saturated carbocycles. The van der Waals surface area contributed by atoms with Gasteiger partial charge in [0.2, 0.25) is 0 Å². The summed E-state index contributed by atoms with van der Waals surface area (Å²) in [5, 5.41) is 3.41. The van der Waals surface area contributed by atoms with Crippen molar-refractivity contribution in [3.8, 4) is 0 Å². The van der Waals surface area contributed by atoms with E-state index in [1.807, 2.05) is 0 Å². The van der Waals surface area contributed by atoms with Crippen LogP contribution in [0.1, 0.15) is 48.0 Å². The van der Waals surface area contributed by atoms with Gasteiger partial charge in [-0.05, 0) is 25.2 Å². The number of hydrogen-bond acceptors (Lipinski definition) is 1. The molecule has 1 N–H and O–H groups in total. The monoisotopic (exact) mass is 197 g/mol. The van der Waals surface area contributed by atoms with E-state index in [4.69, 9.17) is 0 Å². The zero-order chi connectivity index (χ0) is 11.4. The highest BCUT2D eigenvalue weighted by atomic mass is 14.9. The van der Waals surface area contributed by atoms with Crippen LogP contribution < -0.4 is 5.32 Å². The number of rotatable bonds is 6. The fraction of sp³-hybridized carbons (Fsp3) is 0.846. The van der Waals surface area contributed by atoms with Gasteiger partial charge in [-0.3, -0.25) is 0 Å². The van der Waals surface area contributed by atoms with Crippen LogP contribution in [0.2, 0.25) is 0 Å². The minimum Gasteiger partial charge on any atom is -0.389 e. The van der Waals surface area contributed by atoms with Gasteiger partial charge in [0.15, 0.2) is 0 Å². The highest BCUT2D eigenvalue weighted by molar-refractivity contribution is 5.11. The number of nitrogens with one attached hydrogen (secondary N) is 1. The normalized spacial score (nSPS) is 12.3. The molecule has 0 saturated heterocycles. The summed E-state index contributed by atoms with van der Waals surface area (Å²) < 4.78 is 0. The summed E-state index contributed by atoms with van der Waals surface area (Å²) in [4.78, 5) is 0. The van der Waals surface area contributed by atoms with Crippen molar-refractivity contribution in [1.29, 1.82) is 0 Å². The Labute approximate surface area is 90.0 Å². The van der Waals surface area contributed by atoms with E-state index in [-0.39, 0.29) is 5.41 Å². The summed E-state index contributed by atoms with van der Waals surface area (Å²) in [5.74, 6) is 1.28. The molecule has 0 unspecified atom stereocenters. The van der Waals surface area contributed by atoms with Gasteiger partial charge in [-0.2, -0.15) is 0 Å². The van der Waals surface area contributed by atoms with Gasteiger partial charge in [0.1, 0.15) is 0 Å². The van der Waals surface area contributed by atoms with E-state index in [1.54, 1.807) is 0 Å².